The summed E-state index contributed by atoms with van der Waals surface area (Å²) in [5.74, 6) is -0.316. The van der Waals surface area contributed by atoms with E-state index in [1.807, 2.05) is 0 Å². The zero-order valence-corrected chi connectivity index (χ0v) is 14.0. The molecule has 0 atom stereocenters. The van der Waals surface area contributed by atoms with E-state index < -0.39 is 15.6 Å². The van der Waals surface area contributed by atoms with Gasteiger partial charge in [0.1, 0.15) is 0 Å². The van der Waals surface area contributed by atoms with E-state index in [9.17, 15) is 13.2 Å². The highest BCUT2D eigenvalue weighted by molar-refractivity contribution is 7.89. The van der Waals surface area contributed by atoms with Crippen LogP contribution in [-0.2, 0) is 10.0 Å². The Kier molecular flexibility index (Phi) is 4.82. The van der Waals surface area contributed by atoms with E-state index in [-0.39, 0.29) is 10.8 Å². The van der Waals surface area contributed by atoms with Gasteiger partial charge in [0.15, 0.2) is 0 Å². The third-order valence-electron chi connectivity index (χ3n) is 2.81. The Balaban J connectivity index is 2.15. The van der Waals surface area contributed by atoms with Gasteiger partial charge in [-0.15, -0.1) is 0 Å². The van der Waals surface area contributed by atoms with Crippen molar-refractivity contribution in [3.8, 4) is 0 Å². The largest absolute Gasteiger partial charge is 0.322 e. The predicted molar refractivity (Wildman–Crippen MR) is 88.7 cm³/mol. The molecule has 0 spiro atoms. The van der Waals surface area contributed by atoms with Gasteiger partial charge in [-0.3, -0.25) is 9.78 Å². The zero-order valence-electron chi connectivity index (χ0n) is 13.2. The third-order valence-corrected chi connectivity index (χ3v) is 4.58. The van der Waals surface area contributed by atoms with E-state index in [0.717, 1.165) is 0 Å². The molecule has 1 amide bonds. The molecule has 0 saturated heterocycles. The number of anilines is 1. The molecule has 0 aliphatic carbocycles. The highest BCUT2D eigenvalue weighted by Gasteiger charge is 2.22. The number of sulfonamides is 1. The van der Waals surface area contributed by atoms with Crippen LogP contribution < -0.4 is 10.0 Å². The molecule has 2 aromatic rings. The maximum Gasteiger partial charge on any atom is 0.255 e. The van der Waals surface area contributed by atoms with Gasteiger partial charge in [-0.05, 0) is 57.2 Å². The van der Waals surface area contributed by atoms with Gasteiger partial charge in [0, 0.05) is 29.2 Å². The number of hydrogen-bond donors (Lipinski definition) is 2. The topological polar surface area (TPSA) is 88.2 Å². The molecule has 2 rings (SSSR count). The summed E-state index contributed by atoms with van der Waals surface area (Å²) in [6.07, 6.45) is 3.15. The first kappa shape index (κ1) is 17.1. The third kappa shape index (κ3) is 4.87. The molecule has 0 unspecified atom stereocenters. The highest BCUT2D eigenvalue weighted by atomic mass is 32.2. The fourth-order valence-electron chi connectivity index (χ4n) is 1.89. The van der Waals surface area contributed by atoms with E-state index in [0.29, 0.717) is 11.3 Å². The minimum absolute atomic E-state index is 0.118. The molecule has 7 heteroatoms. The standard InChI is InChI=1S/C16H19N3O3S/c1-16(2,3)19-23(21,22)14-6-4-12(5-7-14)15(20)18-13-8-10-17-11-9-13/h4-11,19H,1-3H3,(H,17,18,20). The van der Waals surface area contributed by atoms with Crippen molar-refractivity contribution in [2.75, 3.05) is 5.32 Å². The van der Waals surface area contributed by atoms with Gasteiger partial charge in [-0.1, -0.05) is 0 Å². The molecule has 1 aromatic carbocycles. The van der Waals surface area contributed by atoms with E-state index in [1.165, 1.54) is 24.3 Å². The lowest BCUT2D eigenvalue weighted by molar-refractivity contribution is 0.102. The van der Waals surface area contributed by atoms with Gasteiger partial charge in [-0.25, -0.2) is 13.1 Å². The van der Waals surface area contributed by atoms with Gasteiger partial charge >= 0.3 is 0 Å². The smallest absolute Gasteiger partial charge is 0.255 e. The van der Waals surface area contributed by atoms with Gasteiger partial charge in [0.05, 0.1) is 4.90 Å². The maximum atomic E-state index is 12.2. The van der Waals surface area contributed by atoms with Crippen LogP contribution in [0.5, 0.6) is 0 Å². The van der Waals surface area contributed by atoms with Gasteiger partial charge < -0.3 is 5.32 Å². The normalized spacial score (nSPS) is 12.0. The number of aromatic nitrogens is 1. The second kappa shape index (κ2) is 6.47. The molecule has 0 saturated carbocycles. The molecule has 1 heterocycles. The summed E-state index contributed by atoms with van der Waals surface area (Å²) in [7, 11) is -3.61. The maximum absolute atomic E-state index is 12.2. The summed E-state index contributed by atoms with van der Waals surface area (Å²) in [4.78, 5) is 16.1. The van der Waals surface area contributed by atoms with Crippen LogP contribution in [0.1, 0.15) is 31.1 Å². The van der Waals surface area contributed by atoms with E-state index >= 15 is 0 Å². The molecule has 0 aliphatic rings. The van der Waals surface area contributed by atoms with Crippen LogP contribution in [0.25, 0.3) is 0 Å². The summed E-state index contributed by atoms with van der Waals surface area (Å²) < 4.78 is 27.0. The summed E-state index contributed by atoms with van der Waals surface area (Å²) in [6.45, 7) is 5.29. The Bertz CT molecular complexity index is 780. The summed E-state index contributed by atoms with van der Waals surface area (Å²) >= 11 is 0. The summed E-state index contributed by atoms with van der Waals surface area (Å²) in [5.41, 5.74) is 0.420. The minimum Gasteiger partial charge on any atom is -0.322 e. The Labute approximate surface area is 136 Å². The summed E-state index contributed by atoms with van der Waals surface area (Å²) in [6, 6.07) is 9.13. The number of amides is 1. The molecule has 122 valence electrons. The van der Waals surface area contributed by atoms with Gasteiger partial charge in [0.2, 0.25) is 10.0 Å². The van der Waals surface area contributed by atoms with Gasteiger partial charge in [0.25, 0.3) is 5.91 Å². The lowest BCUT2D eigenvalue weighted by Gasteiger charge is -2.20. The van der Waals surface area contributed by atoms with E-state index in [2.05, 4.69) is 15.0 Å². The van der Waals surface area contributed by atoms with Crippen molar-refractivity contribution < 1.29 is 13.2 Å². The summed E-state index contributed by atoms with van der Waals surface area (Å²) in [5, 5.41) is 2.71. The minimum atomic E-state index is -3.61. The second-order valence-corrected chi connectivity index (χ2v) is 7.75. The zero-order chi connectivity index (χ0) is 17.1. The van der Waals surface area contributed by atoms with Crippen molar-refractivity contribution in [2.24, 2.45) is 0 Å². The number of pyridine rings is 1. The molecular formula is C16H19N3O3S. The first-order valence-corrected chi connectivity index (χ1v) is 8.51. The van der Waals surface area contributed by atoms with Crippen molar-refractivity contribution in [1.82, 2.24) is 9.71 Å². The molecule has 2 N–H and O–H groups in total. The first-order valence-electron chi connectivity index (χ1n) is 7.03. The number of nitrogens with one attached hydrogen (secondary N) is 2. The van der Waals surface area contributed by atoms with Crippen LogP contribution in [0.4, 0.5) is 5.69 Å². The van der Waals surface area contributed by atoms with Crippen molar-refractivity contribution in [3.05, 3.63) is 54.4 Å². The quantitative estimate of drug-likeness (QED) is 0.899. The molecule has 0 bridgehead atoms. The lowest BCUT2D eigenvalue weighted by Crippen LogP contribution is -2.40. The van der Waals surface area contributed by atoms with Crippen LogP contribution in [0.3, 0.4) is 0 Å². The molecule has 0 radical (unpaired) electrons. The number of rotatable bonds is 4. The number of nitrogens with zero attached hydrogens (tertiary/aromatic N) is 1. The van der Waals surface area contributed by atoms with E-state index in [4.69, 9.17) is 0 Å². The fourth-order valence-corrected chi connectivity index (χ4v) is 3.30. The molecule has 23 heavy (non-hydrogen) atoms. The molecule has 6 nitrogen and oxygen atoms in total. The SMILES string of the molecule is CC(C)(C)NS(=O)(=O)c1ccc(C(=O)Nc2ccncc2)cc1. The van der Waals surface area contributed by atoms with Crippen molar-refractivity contribution in [3.63, 3.8) is 0 Å². The van der Waals surface area contributed by atoms with Crippen molar-refractivity contribution in [2.45, 2.75) is 31.2 Å². The van der Waals surface area contributed by atoms with Crippen LogP contribution in [0.15, 0.2) is 53.7 Å². The Morgan fingerprint density at radius 3 is 2.09 bits per heavy atom. The van der Waals surface area contributed by atoms with Crippen LogP contribution >= 0.6 is 0 Å². The fraction of sp³-hybridized carbons (Fsp3) is 0.250. The van der Waals surface area contributed by atoms with Crippen LogP contribution in [0, 0.1) is 0 Å². The van der Waals surface area contributed by atoms with Crippen molar-refractivity contribution >= 4 is 21.6 Å². The number of benzene rings is 1. The molecular weight excluding hydrogens is 314 g/mol. The average molecular weight is 333 g/mol. The van der Waals surface area contributed by atoms with Gasteiger partial charge in [-0.2, -0.15) is 0 Å². The number of carbonyl (C=O) groups excluding carboxylic acids is 1. The second-order valence-electron chi connectivity index (χ2n) is 6.07. The van der Waals surface area contributed by atoms with Crippen LogP contribution in [0.2, 0.25) is 0 Å². The number of hydrogen-bond acceptors (Lipinski definition) is 4. The Morgan fingerprint density at radius 2 is 1.57 bits per heavy atom. The number of carbonyl (C=O) groups is 1. The monoisotopic (exact) mass is 333 g/mol. The highest BCUT2D eigenvalue weighted by Crippen LogP contribution is 2.15. The van der Waals surface area contributed by atoms with E-state index in [1.54, 1.807) is 45.3 Å². The molecule has 0 aliphatic heterocycles. The molecule has 1 aromatic heterocycles. The first-order chi connectivity index (χ1) is 10.7. The van der Waals surface area contributed by atoms with Crippen LogP contribution in [-0.4, -0.2) is 24.8 Å². The molecule has 0 fully saturated rings. The Hall–Kier alpha value is -2.25. The Morgan fingerprint density at radius 1 is 1.00 bits per heavy atom. The lowest BCUT2D eigenvalue weighted by atomic mass is 10.1. The van der Waals surface area contributed by atoms with Crippen molar-refractivity contribution in [1.29, 1.82) is 0 Å². The average Bonchev–Trinajstić information content (AvgIpc) is 2.46. The predicted octanol–water partition coefficient (Wildman–Crippen LogP) is 2.41.